The molecule has 0 saturated heterocycles. The minimum atomic E-state index is -1.26. The number of aromatic carboxylic acids is 2. The van der Waals surface area contributed by atoms with Gasteiger partial charge in [0.1, 0.15) is 5.69 Å². The number of hydrogen-bond donors (Lipinski definition) is 2. The smallest absolute Gasteiger partial charge is 0.335 e. The maximum atomic E-state index is 11.2. The van der Waals surface area contributed by atoms with Crippen molar-refractivity contribution >= 4 is 18.2 Å². The Morgan fingerprint density at radius 2 is 1.61 bits per heavy atom. The van der Waals surface area contributed by atoms with Crippen molar-refractivity contribution in [2.24, 2.45) is 0 Å². The van der Waals surface area contributed by atoms with Gasteiger partial charge in [-0.15, -0.1) is 5.10 Å². The first kappa shape index (κ1) is 16.3. The van der Waals surface area contributed by atoms with Crippen molar-refractivity contribution in [1.29, 1.82) is 0 Å². The molecule has 0 spiro atoms. The van der Waals surface area contributed by atoms with E-state index < -0.39 is 17.4 Å². The van der Waals surface area contributed by atoms with Gasteiger partial charge < -0.3 is 10.2 Å². The summed E-state index contributed by atoms with van der Waals surface area (Å²) in [7, 11) is 0. The van der Waals surface area contributed by atoms with Crippen molar-refractivity contribution in [3.63, 3.8) is 0 Å². The Kier molecular flexibility index (Phi) is 4.00. The lowest BCUT2D eigenvalue weighted by atomic mass is 9.90. The normalized spacial score (nSPS) is 11.3. The number of carboxylic acids is 2. The highest BCUT2D eigenvalue weighted by atomic mass is 16.4. The van der Waals surface area contributed by atoms with Gasteiger partial charge in [0.05, 0.1) is 22.5 Å². The van der Waals surface area contributed by atoms with E-state index in [4.69, 9.17) is 10.2 Å². The fourth-order valence-electron chi connectivity index (χ4n) is 2.24. The van der Waals surface area contributed by atoms with Gasteiger partial charge >= 0.3 is 11.9 Å². The van der Waals surface area contributed by atoms with E-state index in [-0.39, 0.29) is 22.5 Å². The van der Waals surface area contributed by atoms with Gasteiger partial charge in [-0.1, -0.05) is 26.0 Å². The van der Waals surface area contributed by atoms with Crippen LogP contribution in [0.15, 0.2) is 18.2 Å². The van der Waals surface area contributed by atoms with Crippen molar-refractivity contribution in [2.75, 3.05) is 0 Å². The SMILES string of the molecule is CC(C)(C)c1c(C=O)nnn1-c1cc(C(=O)O)cc(C(=O)O)c1. The number of aldehydes is 1. The van der Waals surface area contributed by atoms with Gasteiger partial charge in [-0.05, 0) is 18.2 Å². The molecule has 0 aliphatic heterocycles. The molecule has 1 aromatic carbocycles. The Morgan fingerprint density at radius 3 is 2.00 bits per heavy atom. The van der Waals surface area contributed by atoms with Gasteiger partial charge in [-0.25, -0.2) is 14.3 Å². The van der Waals surface area contributed by atoms with E-state index >= 15 is 0 Å². The van der Waals surface area contributed by atoms with Crippen LogP contribution in [0.4, 0.5) is 0 Å². The third-order valence-electron chi connectivity index (χ3n) is 3.17. The molecule has 0 radical (unpaired) electrons. The van der Waals surface area contributed by atoms with Gasteiger partial charge in [-0.2, -0.15) is 0 Å². The zero-order valence-electron chi connectivity index (χ0n) is 12.8. The minimum absolute atomic E-state index is 0.120. The quantitative estimate of drug-likeness (QED) is 0.824. The fourth-order valence-corrected chi connectivity index (χ4v) is 2.24. The number of carboxylic acid groups (broad SMARTS) is 2. The topological polar surface area (TPSA) is 122 Å². The minimum Gasteiger partial charge on any atom is -0.478 e. The number of benzene rings is 1. The van der Waals surface area contributed by atoms with Crippen LogP contribution in [-0.4, -0.2) is 43.4 Å². The van der Waals surface area contributed by atoms with E-state index in [1.165, 1.54) is 16.8 Å². The number of aromatic nitrogens is 3. The summed E-state index contributed by atoms with van der Waals surface area (Å²) in [6.45, 7) is 5.52. The average molecular weight is 317 g/mol. The van der Waals surface area contributed by atoms with Crippen molar-refractivity contribution in [3.05, 3.63) is 40.7 Å². The Hall–Kier alpha value is -3.03. The first-order valence-corrected chi connectivity index (χ1v) is 6.68. The van der Waals surface area contributed by atoms with Crippen LogP contribution in [0.25, 0.3) is 5.69 Å². The van der Waals surface area contributed by atoms with E-state index in [1.54, 1.807) is 0 Å². The molecule has 23 heavy (non-hydrogen) atoms. The number of nitrogens with zero attached hydrogens (tertiary/aromatic N) is 3. The molecule has 120 valence electrons. The molecule has 0 aliphatic carbocycles. The molecular formula is C15H15N3O5. The summed E-state index contributed by atoms with van der Waals surface area (Å²) in [5.74, 6) is -2.52. The second-order valence-electron chi connectivity index (χ2n) is 5.98. The zero-order valence-corrected chi connectivity index (χ0v) is 12.8. The standard InChI is InChI=1S/C15H15N3O5/c1-15(2,3)12-11(7-19)16-17-18(12)10-5-8(13(20)21)4-9(6-10)14(22)23/h4-7H,1-3H3,(H,20,21)(H,22,23). The summed E-state index contributed by atoms with van der Waals surface area (Å²) in [5.41, 5.74) is -0.0948. The van der Waals surface area contributed by atoms with Crippen LogP contribution in [0.1, 0.15) is 57.7 Å². The highest BCUT2D eigenvalue weighted by Gasteiger charge is 2.26. The molecule has 1 heterocycles. The Labute approximate surface area is 131 Å². The van der Waals surface area contributed by atoms with Crippen LogP contribution < -0.4 is 0 Å². The average Bonchev–Trinajstić information content (AvgIpc) is 2.90. The predicted octanol–water partition coefficient (Wildman–Crippen LogP) is 1.77. The Bertz CT molecular complexity index is 770. The maximum absolute atomic E-state index is 11.2. The molecule has 0 fully saturated rings. The molecule has 8 heteroatoms. The van der Waals surface area contributed by atoms with E-state index in [1.807, 2.05) is 20.8 Å². The van der Waals surface area contributed by atoms with Crippen LogP contribution in [0, 0.1) is 0 Å². The summed E-state index contributed by atoms with van der Waals surface area (Å²) in [6, 6.07) is 3.63. The third kappa shape index (κ3) is 3.10. The third-order valence-corrected chi connectivity index (χ3v) is 3.17. The van der Waals surface area contributed by atoms with E-state index in [9.17, 15) is 14.4 Å². The molecular weight excluding hydrogens is 302 g/mol. The van der Waals surface area contributed by atoms with Crippen LogP contribution in [0.5, 0.6) is 0 Å². The molecule has 8 nitrogen and oxygen atoms in total. The van der Waals surface area contributed by atoms with Crippen LogP contribution in [0.2, 0.25) is 0 Å². The number of rotatable bonds is 4. The Morgan fingerprint density at radius 1 is 1.09 bits per heavy atom. The van der Waals surface area contributed by atoms with E-state index in [2.05, 4.69) is 10.3 Å². The largest absolute Gasteiger partial charge is 0.478 e. The molecule has 0 bridgehead atoms. The van der Waals surface area contributed by atoms with E-state index in [0.717, 1.165) is 6.07 Å². The van der Waals surface area contributed by atoms with Crippen LogP contribution in [0.3, 0.4) is 0 Å². The highest BCUT2D eigenvalue weighted by Crippen LogP contribution is 2.27. The monoisotopic (exact) mass is 317 g/mol. The molecule has 1 aromatic heterocycles. The van der Waals surface area contributed by atoms with Crippen LogP contribution in [-0.2, 0) is 5.41 Å². The molecule has 2 aromatic rings. The summed E-state index contributed by atoms with van der Waals surface area (Å²) in [5, 5.41) is 25.9. The zero-order chi connectivity index (χ0) is 17.4. The number of carbonyl (C=O) groups excluding carboxylic acids is 1. The number of hydrogen-bond acceptors (Lipinski definition) is 5. The lowest BCUT2D eigenvalue weighted by Crippen LogP contribution is -2.20. The van der Waals surface area contributed by atoms with Gasteiger partial charge in [-0.3, -0.25) is 4.79 Å². The highest BCUT2D eigenvalue weighted by molar-refractivity contribution is 5.94. The molecule has 0 unspecified atom stereocenters. The van der Waals surface area contributed by atoms with Crippen molar-refractivity contribution in [3.8, 4) is 5.69 Å². The second kappa shape index (κ2) is 5.64. The maximum Gasteiger partial charge on any atom is 0.335 e. The lowest BCUT2D eigenvalue weighted by molar-refractivity contribution is 0.0696. The van der Waals surface area contributed by atoms with Crippen LogP contribution >= 0.6 is 0 Å². The molecule has 2 N–H and O–H groups in total. The fraction of sp³-hybridized carbons (Fsp3) is 0.267. The van der Waals surface area contributed by atoms with Gasteiger partial charge in [0.15, 0.2) is 6.29 Å². The van der Waals surface area contributed by atoms with Gasteiger partial charge in [0.2, 0.25) is 0 Å². The van der Waals surface area contributed by atoms with Crippen molar-refractivity contribution < 1.29 is 24.6 Å². The van der Waals surface area contributed by atoms with Crippen molar-refractivity contribution in [2.45, 2.75) is 26.2 Å². The van der Waals surface area contributed by atoms with Crippen molar-refractivity contribution in [1.82, 2.24) is 15.0 Å². The Balaban J connectivity index is 2.77. The summed E-state index contributed by atoms with van der Waals surface area (Å²) >= 11 is 0. The molecule has 0 amide bonds. The summed E-state index contributed by atoms with van der Waals surface area (Å²) < 4.78 is 1.29. The first-order chi connectivity index (χ1) is 10.6. The lowest BCUT2D eigenvalue weighted by Gasteiger charge is -2.20. The molecule has 2 rings (SSSR count). The summed E-state index contributed by atoms with van der Waals surface area (Å²) in [6.07, 6.45) is 0.559. The number of carbonyl (C=O) groups is 3. The molecule has 0 aliphatic rings. The van der Waals surface area contributed by atoms with Gasteiger partial charge in [0, 0.05) is 5.41 Å². The van der Waals surface area contributed by atoms with Gasteiger partial charge in [0.25, 0.3) is 0 Å². The predicted molar refractivity (Wildman–Crippen MR) is 79.4 cm³/mol. The second-order valence-corrected chi connectivity index (χ2v) is 5.98. The molecule has 0 atom stereocenters. The first-order valence-electron chi connectivity index (χ1n) is 6.68. The molecule has 0 saturated carbocycles. The van der Waals surface area contributed by atoms with E-state index in [0.29, 0.717) is 12.0 Å². The summed E-state index contributed by atoms with van der Waals surface area (Å²) in [4.78, 5) is 33.6.